The third-order valence-electron chi connectivity index (χ3n) is 2.69. The van der Waals surface area contributed by atoms with E-state index in [2.05, 4.69) is 6.58 Å². The predicted molar refractivity (Wildman–Crippen MR) is 56.4 cm³/mol. The Morgan fingerprint density at radius 1 is 1.47 bits per heavy atom. The summed E-state index contributed by atoms with van der Waals surface area (Å²) in [5, 5.41) is 8.46. The summed E-state index contributed by atoms with van der Waals surface area (Å²) < 4.78 is 0. The summed E-state index contributed by atoms with van der Waals surface area (Å²) in [5.41, 5.74) is 0. The highest BCUT2D eigenvalue weighted by atomic mass is 16.4. The molecular weight excluding hydrogens is 194 g/mol. The number of aliphatic carboxylic acids is 1. The van der Waals surface area contributed by atoms with Crippen LogP contribution in [0.3, 0.4) is 0 Å². The van der Waals surface area contributed by atoms with E-state index < -0.39 is 5.97 Å². The van der Waals surface area contributed by atoms with E-state index in [1.54, 1.807) is 4.90 Å². The number of likely N-dealkylation sites (tertiary alicyclic amines) is 1. The summed E-state index contributed by atoms with van der Waals surface area (Å²) in [6, 6.07) is 0. The lowest BCUT2D eigenvalue weighted by molar-refractivity contribution is -0.140. The van der Waals surface area contributed by atoms with Gasteiger partial charge in [0.1, 0.15) is 0 Å². The summed E-state index contributed by atoms with van der Waals surface area (Å²) in [6.07, 6.45) is 3.86. The van der Waals surface area contributed by atoms with Crippen LogP contribution in [-0.4, -0.2) is 35.0 Å². The lowest BCUT2D eigenvalue weighted by Crippen LogP contribution is -2.28. The standard InChI is InChI=1S/C11H17NO3/c1-2-3-9-6-7-12(8-9)10(13)4-5-11(14)15/h2,9H,1,3-8H2,(H,14,15). The lowest BCUT2D eigenvalue weighted by Gasteiger charge is -2.15. The first-order valence-corrected chi connectivity index (χ1v) is 5.24. The molecule has 4 nitrogen and oxygen atoms in total. The number of allylic oxidation sites excluding steroid dienone is 1. The molecule has 1 rings (SSSR count). The smallest absolute Gasteiger partial charge is 0.303 e. The molecule has 0 aromatic carbocycles. The van der Waals surface area contributed by atoms with E-state index in [0.717, 1.165) is 25.9 Å². The van der Waals surface area contributed by atoms with Gasteiger partial charge in [0.15, 0.2) is 0 Å². The Bertz CT molecular complexity index is 263. The van der Waals surface area contributed by atoms with Crippen molar-refractivity contribution in [2.45, 2.75) is 25.7 Å². The molecule has 84 valence electrons. The van der Waals surface area contributed by atoms with E-state index in [4.69, 9.17) is 5.11 Å². The minimum atomic E-state index is -0.912. The zero-order chi connectivity index (χ0) is 11.3. The maximum absolute atomic E-state index is 11.5. The van der Waals surface area contributed by atoms with Crippen molar-refractivity contribution in [3.63, 3.8) is 0 Å². The minimum absolute atomic E-state index is 0.0380. The van der Waals surface area contributed by atoms with E-state index in [1.165, 1.54) is 0 Å². The van der Waals surface area contributed by atoms with Gasteiger partial charge in [-0.25, -0.2) is 0 Å². The molecule has 1 aliphatic rings. The molecule has 0 saturated carbocycles. The van der Waals surface area contributed by atoms with Crippen molar-refractivity contribution in [1.82, 2.24) is 4.90 Å². The first-order chi connectivity index (χ1) is 7.13. The van der Waals surface area contributed by atoms with Crippen LogP contribution < -0.4 is 0 Å². The second kappa shape index (κ2) is 5.53. The fraction of sp³-hybridized carbons (Fsp3) is 0.636. The third-order valence-corrected chi connectivity index (χ3v) is 2.69. The summed E-state index contributed by atoms with van der Waals surface area (Å²) in [6.45, 7) is 5.19. The van der Waals surface area contributed by atoms with Crippen molar-refractivity contribution in [2.24, 2.45) is 5.92 Å². The van der Waals surface area contributed by atoms with E-state index in [1.807, 2.05) is 6.08 Å². The Labute approximate surface area is 89.6 Å². The number of carboxylic acid groups (broad SMARTS) is 1. The summed E-state index contributed by atoms with van der Waals surface area (Å²) in [4.78, 5) is 23.6. The maximum atomic E-state index is 11.5. The molecule has 1 saturated heterocycles. The molecule has 1 fully saturated rings. The van der Waals surface area contributed by atoms with Gasteiger partial charge < -0.3 is 10.0 Å². The van der Waals surface area contributed by atoms with Gasteiger partial charge in [-0.05, 0) is 18.8 Å². The number of amides is 1. The molecule has 1 aliphatic heterocycles. The number of nitrogens with zero attached hydrogens (tertiary/aromatic N) is 1. The monoisotopic (exact) mass is 211 g/mol. The summed E-state index contributed by atoms with van der Waals surface area (Å²) >= 11 is 0. The first-order valence-electron chi connectivity index (χ1n) is 5.24. The summed E-state index contributed by atoms with van der Waals surface area (Å²) in [5.74, 6) is -0.439. The molecule has 4 heteroatoms. The van der Waals surface area contributed by atoms with Gasteiger partial charge in [-0.1, -0.05) is 6.08 Å². The molecule has 1 heterocycles. The average molecular weight is 211 g/mol. The van der Waals surface area contributed by atoms with Crippen molar-refractivity contribution in [3.05, 3.63) is 12.7 Å². The minimum Gasteiger partial charge on any atom is -0.481 e. The third kappa shape index (κ3) is 3.73. The van der Waals surface area contributed by atoms with E-state index >= 15 is 0 Å². The van der Waals surface area contributed by atoms with Gasteiger partial charge in [0.2, 0.25) is 5.91 Å². The van der Waals surface area contributed by atoms with Gasteiger partial charge in [0.25, 0.3) is 0 Å². The Balaban J connectivity index is 2.29. The fourth-order valence-corrected chi connectivity index (χ4v) is 1.86. The molecule has 0 aliphatic carbocycles. The van der Waals surface area contributed by atoms with E-state index in [9.17, 15) is 9.59 Å². The predicted octanol–water partition coefficient (Wildman–Crippen LogP) is 1.28. The van der Waals surface area contributed by atoms with Crippen molar-refractivity contribution < 1.29 is 14.7 Å². The van der Waals surface area contributed by atoms with Gasteiger partial charge in [-0.3, -0.25) is 9.59 Å². The number of hydrogen-bond donors (Lipinski definition) is 1. The Morgan fingerprint density at radius 3 is 2.80 bits per heavy atom. The molecule has 15 heavy (non-hydrogen) atoms. The Hall–Kier alpha value is -1.32. The van der Waals surface area contributed by atoms with Crippen LogP contribution >= 0.6 is 0 Å². The van der Waals surface area contributed by atoms with Gasteiger partial charge in [-0.15, -0.1) is 6.58 Å². The number of carbonyl (C=O) groups is 2. The Kier molecular flexibility index (Phi) is 4.34. The topological polar surface area (TPSA) is 57.6 Å². The van der Waals surface area contributed by atoms with Crippen molar-refractivity contribution in [3.8, 4) is 0 Å². The molecule has 1 atom stereocenters. The van der Waals surface area contributed by atoms with Crippen LogP contribution in [0.4, 0.5) is 0 Å². The highest BCUT2D eigenvalue weighted by Crippen LogP contribution is 2.20. The Morgan fingerprint density at radius 2 is 2.20 bits per heavy atom. The molecule has 1 amide bonds. The normalized spacial score (nSPS) is 20.3. The number of carbonyl (C=O) groups excluding carboxylic acids is 1. The molecular formula is C11H17NO3. The van der Waals surface area contributed by atoms with Crippen LogP contribution in [-0.2, 0) is 9.59 Å². The van der Waals surface area contributed by atoms with Gasteiger partial charge >= 0.3 is 5.97 Å². The van der Waals surface area contributed by atoms with Crippen molar-refractivity contribution in [2.75, 3.05) is 13.1 Å². The highest BCUT2D eigenvalue weighted by molar-refractivity contribution is 5.80. The van der Waals surface area contributed by atoms with E-state index in [-0.39, 0.29) is 18.7 Å². The zero-order valence-corrected chi connectivity index (χ0v) is 8.82. The van der Waals surface area contributed by atoms with Crippen LogP contribution in [0.2, 0.25) is 0 Å². The van der Waals surface area contributed by atoms with Crippen LogP contribution in [0.5, 0.6) is 0 Å². The highest BCUT2D eigenvalue weighted by Gasteiger charge is 2.25. The van der Waals surface area contributed by atoms with Crippen molar-refractivity contribution >= 4 is 11.9 Å². The second-order valence-electron chi connectivity index (χ2n) is 3.91. The van der Waals surface area contributed by atoms with Gasteiger partial charge in [0, 0.05) is 19.5 Å². The quantitative estimate of drug-likeness (QED) is 0.697. The second-order valence-corrected chi connectivity index (χ2v) is 3.91. The molecule has 0 spiro atoms. The SMILES string of the molecule is C=CCC1CCN(C(=O)CCC(=O)O)C1. The average Bonchev–Trinajstić information content (AvgIpc) is 2.63. The van der Waals surface area contributed by atoms with Gasteiger partial charge in [0.05, 0.1) is 6.42 Å². The largest absolute Gasteiger partial charge is 0.481 e. The fourth-order valence-electron chi connectivity index (χ4n) is 1.86. The molecule has 1 unspecified atom stereocenters. The van der Waals surface area contributed by atoms with E-state index in [0.29, 0.717) is 5.92 Å². The van der Waals surface area contributed by atoms with Crippen LogP contribution in [0, 0.1) is 5.92 Å². The lowest BCUT2D eigenvalue weighted by atomic mass is 10.1. The number of rotatable bonds is 5. The first kappa shape index (κ1) is 11.8. The number of carboxylic acids is 1. The molecule has 0 aromatic rings. The van der Waals surface area contributed by atoms with Crippen LogP contribution in [0.25, 0.3) is 0 Å². The van der Waals surface area contributed by atoms with Crippen LogP contribution in [0.1, 0.15) is 25.7 Å². The molecule has 0 radical (unpaired) electrons. The van der Waals surface area contributed by atoms with Gasteiger partial charge in [-0.2, -0.15) is 0 Å². The number of hydrogen-bond acceptors (Lipinski definition) is 2. The van der Waals surface area contributed by atoms with Crippen LogP contribution in [0.15, 0.2) is 12.7 Å². The van der Waals surface area contributed by atoms with Crippen molar-refractivity contribution in [1.29, 1.82) is 0 Å². The maximum Gasteiger partial charge on any atom is 0.303 e. The molecule has 0 aromatic heterocycles. The summed E-state index contributed by atoms with van der Waals surface area (Å²) in [7, 11) is 0. The zero-order valence-electron chi connectivity index (χ0n) is 8.82. The molecule has 0 bridgehead atoms. The molecule has 1 N–H and O–H groups in total.